The van der Waals surface area contributed by atoms with Gasteiger partial charge in [-0.15, -0.1) is 10.2 Å². The largest absolute Gasteiger partial charge is 0.497 e. The standard InChI is InChI=1S/C20H19ClN4O5S3/c1-3-31-20-24-23-19(32-20)22-18(26)17-11-25(15-10-12(21)4-9-16(15)30-17)33(27,28)14-7-5-13(29-2)6-8-14/h4-10,17H,3,11H2,1-2H3,(H,22,23,26). The molecule has 0 radical (unpaired) electrons. The van der Waals surface area contributed by atoms with E-state index in [1.165, 1.54) is 54.5 Å². The van der Waals surface area contributed by atoms with Crippen molar-refractivity contribution in [3.8, 4) is 11.5 Å². The maximum Gasteiger partial charge on any atom is 0.269 e. The summed E-state index contributed by atoms with van der Waals surface area (Å²) in [4.78, 5) is 13.0. The lowest BCUT2D eigenvalue weighted by atomic mass is 10.2. The number of ether oxygens (including phenoxy) is 2. The lowest BCUT2D eigenvalue weighted by Gasteiger charge is -2.34. The highest BCUT2D eigenvalue weighted by molar-refractivity contribution is 8.01. The molecule has 0 bridgehead atoms. The topological polar surface area (TPSA) is 111 Å². The SMILES string of the molecule is CCSc1nnc(NC(=O)C2CN(S(=O)(=O)c3ccc(OC)cc3)c3cc(Cl)ccc3O2)s1. The van der Waals surface area contributed by atoms with Gasteiger partial charge >= 0.3 is 0 Å². The Kier molecular flexibility index (Phi) is 6.98. The molecule has 0 saturated carbocycles. The van der Waals surface area contributed by atoms with E-state index in [0.717, 1.165) is 14.4 Å². The molecule has 0 spiro atoms. The third kappa shape index (κ3) is 5.03. The van der Waals surface area contributed by atoms with Crippen molar-refractivity contribution in [1.82, 2.24) is 10.2 Å². The number of nitrogens with zero attached hydrogens (tertiary/aromatic N) is 3. The van der Waals surface area contributed by atoms with E-state index >= 15 is 0 Å². The maximum atomic E-state index is 13.5. The predicted octanol–water partition coefficient (Wildman–Crippen LogP) is 3.91. The molecule has 0 aliphatic carbocycles. The number of carbonyl (C=O) groups excluding carboxylic acids is 1. The summed E-state index contributed by atoms with van der Waals surface area (Å²) in [6.07, 6.45) is -1.11. The smallest absolute Gasteiger partial charge is 0.269 e. The van der Waals surface area contributed by atoms with Gasteiger partial charge in [0.1, 0.15) is 11.5 Å². The second kappa shape index (κ2) is 9.75. The van der Waals surface area contributed by atoms with Crippen LogP contribution in [0.2, 0.25) is 5.02 Å². The van der Waals surface area contributed by atoms with E-state index in [0.29, 0.717) is 15.9 Å². The Hall–Kier alpha value is -2.54. The third-order valence-corrected chi connectivity index (χ3v) is 8.52. The van der Waals surface area contributed by atoms with E-state index in [1.807, 2.05) is 6.92 Å². The van der Waals surface area contributed by atoms with Crippen molar-refractivity contribution in [2.45, 2.75) is 22.3 Å². The number of amides is 1. The number of nitrogens with one attached hydrogen (secondary N) is 1. The highest BCUT2D eigenvalue weighted by atomic mass is 35.5. The van der Waals surface area contributed by atoms with Crippen molar-refractivity contribution in [3.05, 3.63) is 47.5 Å². The minimum absolute atomic E-state index is 0.0423. The summed E-state index contributed by atoms with van der Waals surface area (Å²) in [5.74, 6) is 1.04. The molecular weight excluding hydrogens is 508 g/mol. The summed E-state index contributed by atoms with van der Waals surface area (Å²) in [5, 5.41) is 11.3. The molecule has 1 unspecified atom stereocenters. The van der Waals surface area contributed by atoms with Crippen LogP contribution in [0.1, 0.15) is 6.92 Å². The van der Waals surface area contributed by atoms with Crippen LogP contribution in [-0.2, 0) is 14.8 Å². The molecule has 3 aromatic rings. The summed E-state index contributed by atoms with van der Waals surface area (Å²) in [6, 6.07) is 10.6. The first-order valence-corrected chi connectivity index (χ1v) is 13.3. The van der Waals surface area contributed by atoms with E-state index in [-0.39, 0.29) is 22.9 Å². The number of methoxy groups -OCH3 is 1. The summed E-state index contributed by atoms with van der Waals surface area (Å²) in [7, 11) is -2.53. The second-order valence-corrected chi connectivity index (χ2v) is 11.5. The molecule has 1 amide bonds. The molecular formula is C20H19ClN4O5S3. The summed E-state index contributed by atoms with van der Waals surface area (Å²) >= 11 is 8.87. The summed E-state index contributed by atoms with van der Waals surface area (Å²) in [6.45, 7) is 1.74. The molecule has 1 atom stereocenters. The van der Waals surface area contributed by atoms with Crippen LogP contribution in [0.4, 0.5) is 10.8 Å². The van der Waals surface area contributed by atoms with Gasteiger partial charge < -0.3 is 9.47 Å². The molecule has 9 nitrogen and oxygen atoms in total. The van der Waals surface area contributed by atoms with Crippen LogP contribution in [0.3, 0.4) is 0 Å². The highest BCUT2D eigenvalue weighted by Crippen LogP contribution is 2.39. The quantitative estimate of drug-likeness (QED) is 0.364. The maximum absolute atomic E-state index is 13.5. The molecule has 174 valence electrons. The zero-order chi connectivity index (χ0) is 23.6. The first kappa shape index (κ1) is 23.6. The van der Waals surface area contributed by atoms with E-state index in [9.17, 15) is 13.2 Å². The van der Waals surface area contributed by atoms with Gasteiger partial charge in [0.05, 0.1) is 24.2 Å². The van der Waals surface area contributed by atoms with Crippen LogP contribution in [0.25, 0.3) is 0 Å². The Balaban J connectivity index is 1.64. The molecule has 2 aromatic carbocycles. The van der Waals surface area contributed by atoms with E-state index in [2.05, 4.69) is 15.5 Å². The van der Waals surface area contributed by atoms with Crippen LogP contribution < -0.4 is 19.1 Å². The highest BCUT2D eigenvalue weighted by Gasteiger charge is 2.38. The molecule has 1 aromatic heterocycles. The summed E-state index contributed by atoms with van der Waals surface area (Å²) < 4.78 is 39.8. The number of anilines is 2. The van der Waals surface area contributed by atoms with Gasteiger partial charge in [0.15, 0.2) is 10.4 Å². The van der Waals surface area contributed by atoms with Crippen molar-refractivity contribution in [1.29, 1.82) is 0 Å². The number of sulfonamides is 1. The van der Waals surface area contributed by atoms with Crippen LogP contribution in [-0.4, -0.2) is 50.0 Å². The lowest BCUT2D eigenvalue weighted by Crippen LogP contribution is -2.48. The van der Waals surface area contributed by atoms with Gasteiger partial charge in [0.25, 0.3) is 15.9 Å². The number of thioether (sulfide) groups is 1. The van der Waals surface area contributed by atoms with Crippen LogP contribution in [0.15, 0.2) is 51.7 Å². The molecule has 1 N–H and O–H groups in total. The predicted molar refractivity (Wildman–Crippen MR) is 128 cm³/mol. The Labute approximate surface area is 204 Å². The minimum atomic E-state index is -4.03. The van der Waals surface area contributed by atoms with Gasteiger partial charge in [-0.3, -0.25) is 14.4 Å². The molecule has 1 aliphatic rings. The van der Waals surface area contributed by atoms with Crippen LogP contribution in [0.5, 0.6) is 11.5 Å². The normalized spacial score (nSPS) is 15.5. The van der Waals surface area contributed by atoms with Crippen LogP contribution in [0, 0.1) is 0 Å². The Morgan fingerprint density at radius 3 is 2.76 bits per heavy atom. The van der Waals surface area contributed by atoms with Gasteiger partial charge in [-0.25, -0.2) is 8.42 Å². The fourth-order valence-electron chi connectivity index (χ4n) is 3.09. The number of hydrogen-bond donors (Lipinski definition) is 1. The molecule has 2 heterocycles. The number of hydrogen-bond acceptors (Lipinski definition) is 9. The van der Waals surface area contributed by atoms with Crippen molar-refractivity contribution in [3.63, 3.8) is 0 Å². The molecule has 0 saturated heterocycles. The van der Waals surface area contributed by atoms with E-state index in [1.54, 1.807) is 18.2 Å². The van der Waals surface area contributed by atoms with Crippen molar-refractivity contribution in [2.24, 2.45) is 0 Å². The van der Waals surface area contributed by atoms with Crippen molar-refractivity contribution < 1.29 is 22.7 Å². The van der Waals surface area contributed by atoms with Gasteiger partial charge in [-0.2, -0.15) is 0 Å². The molecule has 13 heteroatoms. The molecule has 1 aliphatic heterocycles. The average molecular weight is 527 g/mol. The van der Waals surface area contributed by atoms with Crippen LogP contribution >= 0.6 is 34.7 Å². The van der Waals surface area contributed by atoms with E-state index < -0.39 is 22.0 Å². The van der Waals surface area contributed by atoms with E-state index in [4.69, 9.17) is 21.1 Å². The number of rotatable bonds is 7. The zero-order valence-corrected chi connectivity index (χ0v) is 20.7. The van der Waals surface area contributed by atoms with Crippen molar-refractivity contribution >= 4 is 61.4 Å². The first-order valence-electron chi connectivity index (χ1n) is 9.72. The number of halogens is 1. The van der Waals surface area contributed by atoms with Gasteiger partial charge in [-0.05, 0) is 48.2 Å². The van der Waals surface area contributed by atoms with Gasteiger partial charge in [0.2, 0.25) is 5.13 Å². The fourth-order valence-corrected chi connectivity index (χ4v) is 6.38. The van der Waals surface area contributed by atoms with Crippen molar-refractivity contribution in [2.75, 3.05) is 29.0 Å². The third-order valence-electron chi connectivity index (χ3n) is 4.63. The number of fused-ring (bicyclic) bond motifs is 1. The fraction of sp³-hybridized carbons (Fsp3) is 0.250. The molecule has 0 fully saturated rings. The molecule has 4 rings (SSSR count). The number of carbonyl (C=O) groups is 1. The second-order valence-electron chi connectivity index (χ2n) is 6.73. The monoisotopic (exact) mass is 526 g/mol. The Morgan fingerprint density at radius 2 is 2.06 bits per heavy atom. The van der Waals surface area contributed by atoms with Gasteiger partial charge in [-0.1, -0.05) is 41.6 Å². The summed E-state index contributed by atoms with van der Waals surface area (Å²) in [5.41, 5.74) is 0.250. The minimum Gasteiger partial charge on any atom is -0.497 e. The lowest BCUT2D eigenvalue weighted by molar-refractivity contribution is -0.122. The first-order chi connectivity index (χ1) is 15.8. The number of aromatic nitrogens is 2. The number of benzene rings is 2. The Bertz CT molecular complexity index is 1270. The average Bonchev–Trinajstić information content (AvgIpc) is 3.25. The molecule has 33 heavy (non-hydrogen) atoms. The Morgan fingerprint density at radius 1 is 1.30 bits per heavy atom. The van der Waals surface area contributed by atoms with Gasteiger partial charge in [0, 0.05) is 5.02 Å². The zero-order valence-electron chi connectivity index (χ0n) is 17.5.